The van der Waals surface area contributed by atoms with Crippen LogP contribution in [0.1, 0.15) is 22.8 Å². The normalized spacial score (nSPS) is 11.6. The highest BCUT2D eigenvalue weighted by atomic mass is 35.5. The summed E-state index contributed by atoms with van der Waals surface area (Å²) in [5, 5.41) is 3.03. The van der Waals surface area contributed by atoms with Gasteiger partial charge in [0.1, 0.15) is 5.75 Å². The number of rotatable bonds is 7. The number of carbonyl (C=O) groups is 3. The van der Waals surface area contributed by atoms with E-state index in [9.17, 15) is 14.4 Å². The van der Waals surface area contributed by atoms with Crippen LogP contribution in [0, 0.1) is 0 Å². The monoisotopic (exact) mass is 417 g/mol. The Bertz CT molecular complexity index is 923. The van der Waals surface area contributed by atoms with Crippen LogP contribution in [0.3, 0.4) is 0 Å². The molecule has 7 nitrogen and oxygen atoms in total. The Morgan fingerprint density at radius 3 is 2.38 bits per heavy atom. The third-order valence-electron chi connectivity index (χ3n) is 3.83. The first kappa shape index (κ1) is 22.0. The molecule has 0 fully saturated rings. The average Bonchev–Trinajstić information content (AvgIpc) is 2.72. The number of ether oxygens (including phenoxy) is 3. The number of nitrogens with one attached hydrogen (secondary N) is 1. The van der Waals surface area contributed by atoms with Crippen LogP contribution in [0.2, 0.25) is 5.02 Å². The van der Waals surface area contributed by atoms with Crippen molar-refractivity contribution in [3.63, 3.8) is 0 Å². The second-order valence-electron chi connectivity index (χ2n) is 5.86. The highest BCUT2D eigenvalue weighted by Crippen LogP contribution is 2.27. The fraction of sp³-hybridized carbons (Fsp3) is 0.190. The third-order valence-corrected chi connectivity index (χ3v) is 4.06. The Kier molecular flexibility index (Phi) is 7.79. The molecule has 1 atom stereocenters. The molecule has 0 spiro atoms. The molecule has 0 saturated heterocycles. The molecule has 1 N–H and O–H groups in total. The van der Waals surface area contributed by atoms with Crippen LogP contribution in [0.25, 0.3) is 6.08 Å². The zero-order valence-electron chi connectivity index (χ0n) is 16.1. The number of halogens is 1. The third kappa shape index (κ3) is 6.36. The highest BCUT2D eigenvalue weighted by molar-refractivity contribution is 6.31. The molecule has 0 heterocycles. The lowest BCUT2D eigenvalue weighted by Crippen LogP contribution is -2.29. The molecule has 0 aliphatic rings. The fourth-order valence-corrected chi connectivity index (χ4v) is 2.46. The number of hydrogen-bond donors (Lipinski definition) is 1. The van der Waals surface area contributed by atoms with E-state index >= 15 is 0 Å². The zero-order chi connectivity index (χ0) is 21.4. The largest absolute Gasteiger partial charge is 0.495 e. The average molecular weight is 418 g/mol. The van der Waals surface area contributed by atoms with Crippen molar-refractivity contribution in [1.82, 2.24) is 0 Å². The second kappa shape index (κ2) is 10.3. The van der Waals surface area contributed by atoms with Crippen molar-refractivity contribution in [3.8, 4) is 5.75 Å². The zero-order valence-corrected chi connectivity index (χ0v) is 16.9. The molecule has 0 saturated carbocycles. The van der Waals surface area contributed by atoms with Crippen molar-refractivity contribution < 1.29 is 28.6 Å². The summed E-state index contributed by atoms with van der Waals surface area (Å²) < 4.78 is 14.9. The molecule has 2 rings (SSSR count). The molecule has 29 heavy (non-hydrogen) atoms. The van der Waals surface area contributed by atoms with Gasteiger partial charge in [0.2, 0.25) is 0 Å². The van der Waals surface area contributed by atoms with E-state index in [-0.39, 0.29) is 0 Å². The van der Waals surface area contributed by atoms with Crippen LogP contribution >= 0.6 is 11.6 Å². The maximum absolute atomic E-state index is 12.3. The molecule has 1 amide bonds. The van der Waals surface area contributed by atoms with Gasteiger partial charge in [-0.3, -0.25) is 4.79 Å². The van der Waals surface area contributed by atoms with E-state index < -0.39 is 23.9 Å². The standard InChI is InChI=1S/C21H20ClNO6/c1-13(20(25)23-17-12-16(22)9-10-18(17)27-2)29-19(24)11-6-14-4-7-15(8-5-14)21(26)28-3/h4-13H,1-3H3,(H,23,25)/b11-6+. The van der Waals surface area contributed by atoms with Crippen LogP contribution < -0.4 is 10.1 Å². The SMILES string of the molecule is COC(=O)c1ccc(/C=C/C(=O)OC(C)C(=O)Nc2cc(Cl)ccc2OC)cc1. The Labute approximate surface area is 173 Å². The minimum absolute atomic E-state index is 0.370. The maximum atomic E-state index is 12.3. The van der Waals surface area contributed by atoms with E-state index in [1.165, 1.54) is 39.4 Å². The Morgan fingerprint density at radius 1 is 1.07 bits per heavy atom. The molecule has 2 aromatic carbocycles. The summed E-state index contributed by atoms with van der Waals surface area (Å²) in [6.07, 6.45) is 1.66. The Morgan fingerprint density at radius 2 is 1.76 bits per heavy atom. The van der Waals surface area contributed by atoms with Gasteiger partial charge in [0.05, 0.1) is 25.5 Å². The minimum Gasteiger partial charge on any atom is -0.495 e. The van der Waals surface area contributed by atoms with Crippen LogP contribution in [-0.4, -0.2) is 38.2 Å². The van der Waals surface area contributed by atoms with Crippen LogP contribution in [0.4, 0.5) is 5.69 Å². The van der Waals surface area contributed by atoms with E-state index in [0.29, 0.717) is 27.6 Å². The quantitative estimate of drug-likeness (QED) is 0.545. The molecular weight excluding hydrogens is 398 g/mol. The molecule has 0 bridgehead atoms. The summed E-state index contributed by atoms with van der Waals surface area (Å²) in [6.45, 7) is 1.45. The fourth-order valence-electron chi connectivity index (χ4n) is 2.29. The van der Waals surface area contributed by atoms with Crippen molar-refractivity contribution in [2.75, 3.05) is 19.5 Å². The Balaban J connectivity index is 1.94. The number of hydrogen-bond acceptors (Lipinski definition) is 6. The molecule has 8 heteroatoms. The molecule has 0 aliphatic carbocycles. The number of amides is 1. The molecule has 0 radical (unpaired) electrons. The van der Waals surface area contributed by atoms with Gasteiger partial charge in [-0.05, 0) is 48.9 Å². The number of anilines is 1. The summed E-state index contributed by atoms with van der Waals surface area (Å²) in [5.74, 6) is -1.25. The molecule has 1 unspecified atom stereocenters. The van der Waals surface area contributed by atoms with Crippen molar-refractivity contribution in [2.24, 2.45) is 0 Å². The molecule has 2 aromatic rings. The lowest BCUT2D eigenvalue weighted by molar-refractivity contribution is -0.148. The molecular formula is C21H20ClNO6. The van der Waals surface area contributed by atoms with Crippen LogP contribution in [0.5, 0.6) is 5.75 Å². The van der Waals surface area contributed by atoms with Gasteiger partial charge in [0, 0.05) is 11.1 Å². The summed E-state index contributed by atoms with van der Waals surface area (Å²) >= 11 is 5.93. The summed E-state index contributed by atoms with van der Waals surface area (Å²) in [5.41, 5.74) is 1.44. The second-order valence-corrected chi connectivity index (χ2v) is 6.30. The van der Waals surface area contributed by atoms with Gasteiger partial charge in [-0.1, -0.05) is 23.7 Å². The summed E-state index contributed by atoms with van der Waals surface area (Å²) in [6, 6.07) is 11.2. The van der Waals surface area contributed by atoms with Gasteiger partial charge in [0.25, 0.3) is 5.91 Å². The van der Waals surface area contributed by atoms with Crippen molar-refractivity contribution in [1.29, 1.82) is 0 Å². The number of methoxy groups -OCH3 is 2. The molecule has 152 valence electrons. The lowest BCUT2D eigenvalue weighted by Gasteiger charge is -2.14. The topological polar surface area (TPSA) is 90.9 Å². The van der Waals surface area contributed by atoms with Crippen molar-refractivity contribution in [2.45, 2.75) is 13.0 Å². The van der Waals surface area contributed by atoms with Gasteiger partial charge >= 0.3 is 11.9 Å². The van der Waals surface area contributed by atoms with Gasteiger partial charge in [-0.2, -0.15) is 0 Å². The summed E-state index contributed by atoms with van der Waals surface area (Å²) in [7, 11) is 2.76. The van der Waals surface area contributed by atoms with Gasteiger partial charge in [-0.15, -0.1) is 0 Å². The number of esters is 2. The molecule has 0 aromatic heterocycles. The van der Waals surface area contributed by atoms with Crippen molar-refractivity contribution >= 4 is 41.2 Å². The Hall–Kier alpha value is -3.32. The molecule has 0 aliphatic heterocycles. The summed E-state index contributed by atoms with van der Waals surface area (Å²) in [4.78, 5) is 35.6. The van der Waals surface area contributed by atoms with E-state index in [4.69, 9.17) is 21.1 Å². The first-order chi connectivity index (χ1) is 13.8. The van der Waals surface area contributed by atoms with Crippen molar-refractivity contribution in [3.05, 3.63) is 64.7 Å². The highest BCUT2D eigenvalue weighted by Gasteiger charge is 2.18. The minimum atomic E-state index is -1.04. The first-order valence-electron chi connectivity index (χ1n) is 8.55. The maximum Gasteiger partial charge on any atom is 0.337 e. The van der Waals surface area contributed by atoms with Gasteiger partial charge < -0.3 is 19.5 Å². The van der Waals surface area contributed by atoms with E-state index in [0.717, 1.165) is 0 Å². The van der Waals surface area contributed by atoms with E-state index in [1.54, 1.807) is 36.4 Å². The first-order valence-corrected chi connectivity index (χ1v) is 8.93. The predicted octanol–water partition coefficient (Wildman–Crippen LogP) is 3.72. The van der Waals surface area contributed by atoms with E-state index in [2.05, 4.69) is 10.1 Å². The van der Waals surface area contributed by atoms with E-state index in [1.807, 2.05) is 0 Å². The van der Waals surface area contributed by atoms with Crippen LogP contribution in [-0.2, 0) is 19.1 Å². The lowest BCUT2D eigenvalue weighted by atomic mass is 10.1. The number of benzene rings is 2. The van der Waals surface area contributed by atoms with Gasteiger partial charge in [0.15, 0.2) is 6.10 Å². The van der Waals surface area contributed by atoms with Crippen LogP contribution in [0.15, 0.2) is 48.5 Å². The smallest absolute Gasteiger partial charge is 0.337 e. The number of carbonyl (C=O) groups excluding carboxylic acids is 3. The van der Waals surface area contributed by atoms with Gasteiger partial charge in [-0.25, -0.2) is 9.59 Å². The predicted molar refractivity (Wildman–Crippen MR) is 109 cm³/mol.